The summed E-state index contributed by atoms with van der Waals surface area (Å²) in [6.07, 6.45) is -3.85. The van der Waals surface area contributed by atoms with Gasteiger partial charge < -0.3 is 4.74 Å². The minimum atomic E-state index is -4.50. The van der Waals surface area contributed by atoms with Crippen LogP contribution in [0.2, 0.25) is 0 Å². The Morgan fingerprint density at radius 2 is 2.05 bits per heavy atom. The summed E-state index contributed by atoms with van der Waals surface area (Å²) in [5.74, 6) is 0. The number of nitrogens with one attached hydrogen (secondary N) is 1. The van der Waals surface area contributed by atoms with Crippen LogP contribution in [0, 0.1) is 10.1 Å². The molecule has 0 amide bonds. The molecule has 0 atom stereocenters. The van der Waals surface area contributed by atoms with E-state index in [1.54, 1.807) is 4.98 Å². The molecule has 1 N–H and O–H groups in total. The SMILES string of the molecule is O=c1[nH]c(=O)n(CCOCC(F)(F)F)cc1[N+](=O)[O-]. The van der Waals surface area contributed by atoms with Gasteiger partial charge in [-0.15, -0.1) is 0 Å². The van der Waals surface area contributed by atoms with Gasteiger partial charge in [0.1, 0.15) is 6.61 Å². The zero-order chi connectivity index (χ0) is 14.6. The van der Waals surface area contributed by atoms with Crippen LogP contribution in [0.15, 0.2) is 15.8 Å². The first-order valence-electron chi connectivity index (χ1n) is 4.83. The minimum Gasteiger partial charge on any atom is -0.370 e. The van der Waals surface area contributed by atoms with Gasteiger partial charge in [-0.05, 0) is 0 Å². The lowest BCUT2D eigenvalue weighted by molar-refractivity contribution is -0.386. The average molecular weight is 283 g/mol. The maximum Gasteiger partial charge on any atom is 0.411 e. The molecule has 0 bridgehead atoms. The number of nitro groups is 1. The summed E-state index contributed by atoms with van der Waals surface area (Å²) in [4.78, 5) is 33.3. The molecule has 1 heterocycles. The molecule has 0 aliphatic heterocycles. The summed E-state index contributed by atoms with van der Waals surface area (Å²) in [5, 5.41) is 10.4. The minimum absolute atomic E-state index is 0.355. The Balaban J connectivity index is 2.74. The molecule has 0 fully saturated rings. The number of alkyl halides is 3. The molecule has 1 aromatic rings. The number of halogens is 3. The van der Waals surface area contributed by atoms with Crippen LogP contribution in [0.3, 0.4) is 0 Å². The van der Waals surface area contributed by atoms with Gasteiger partial charge in [0, 0.05) is 0 Å². The third kappa shape index (κ3) is 4.54. The van der Waals surface area contributed by atoms with E-state index in [0.717, 1.165) is 0 Å². The van der Waals surface area contributed by atoms with E-state index >= 15 is 0 Å². The van der Waals surface area contributed by atoms with E-state index in [1.165, 1.54) is 0 Å². The zero-order valence-electron chi connectivity index (χ0n) is 9.27. The molecule has 0 saturated heterocycles. The molecule has 1 rings (SSSR count). The number of nitrogens with zero attached hydrogens (tertiary/aromatic N) is 2. The Morgan fingerprint density at radius 3 is 2.58 bits per heavy atom. The van der Waals surface area contributed by atoms with Gasteiger partial charge in [-0.3, -0.25) is 24.5 Å². The Bertz CT molecular complexity index is 576. The monoisotopic (exact) mass is 283 g/mol. The fourth-order valence-corrected chi connectivity index (χ4v) is 1.14. The van der Waals surface area contributed by atoms with E-state index in [4.69, 9.17) is 0 Å². The standard InChI is InChI=1S/C8H8F3N3O5/c9-8(10,11)4-19-2-1-13-3-5(14(17)18)6(15)12-7(13)16/h3H,1-2,4H2,(H,12,15,16). The molecule has 106 valence electrons. The Hall–Kier alpha value is -2.17. The van der Waals surface area contributed by atoms with Gasteiger partial charge in [0.2, 0.25) is 0 Å². The number of H-pyrrole nitrogens is 1. The van der Waals surface area contributed by atoms with E-state index in [-0.39, 0.29) is 6.54 Å². The van der Waals surface area contributed by atoms with E-state index in [0.29, 0.717) is 10.8 Å². The number of aromatic amines is 1. The molecule has 0 aromatic carbocycles. The van der Waals surface area contributed by atoms with Crippen molar-refractivity contribution in [3.05, 3.63) is 37.1 Å². The summed E-state index contributed by atoms with van der Waals surface area (Å²) in [6.45, 7) is -2.33. The van der Waals surface area contributed by atoms with E-state index in [1.807, 2.05) is 0 Å². The third-order valence-electron chi connectivity index (χ3n) is 1.93. The van der Waals surface area contributed by atoms with Crippen molar-refractivity contribution >= 4 is 5.69 Å². The lowest BCUT2D eigenvalue weighted by Crippen LogP contribution is -2.32. The molecule has 19 heavy (non-hydrogen) atoms. The van der Waals surface area contributed by atoms with Crippen molar-refractivity contribution < 1.29 is 22.8 Å². The van der Waals surface area contributed by atoms with Gasteiger partial charge in [0.15, 0.2) is 0 Å². The predicted octanol–water partition coefficient (Wildman–Crippen LogP) is 0.0237. The van der Waals surface area contributed by atoms with Crippen LogP contribution in [0.1, 0.15) is 0 Å². The van der Waals surface area contributed by atoms with Crippen molar-refractivity contribution in [2.75, 3.05) is 13.2 Å². The van der Waals surface area contributed by atoms with Gasteiger partial charge in [0.25, 0.3) is 0 Å². The molecular formula is C8H8F3N3O5. The quantitative estimate of drug-likeness (QED) is 0.466. The third-order valence-corrected chi connectivity index (χ3v) is 1.93. The first-order valence-corrected chi connectivity index (χ1v) is 4.83. The molecule has 1 aromatic heterocycles. The predicted molar refractivity (Wildman–Crippen MR) is 54.9 cm³/mol. The maximum absolute atomic E-state index is 11.8. The van der Waals surface area contributed by atoms with Gasteiger partial charge in [-0.1, -0.05) is 0 Å². The first-order chi connectivity index (χ1) is 8.70. The molecular weight excluding hydrogens is 275 g/mol. The Kier molecular flexibility index (Phi) is 4.43. The van der Waals surface area contributed by atoms with Gasteiger partial charge >= 0.3 is 23.1 Å². The van der Waals surface area contributed by atoms with E-state index < -0.39 is 41.2 Å². The molecule has 0 saturated carbocycles. The average Bonchev–Trinajstić information content (AvgIpc) is 2.24. The summed E-state index contributed by atoms with van der Waals surface area (Å²) in [6, 6.07) is 0. The summed E-state index contributed by atoms with van der Waals surface area (Å²) >= 11 is 0. The van der Waals surface area contributed by atoms with Crippen LogP contribution >= 0.6 is 0 Å². The number of ether oxygens (including phenoxy) is 1. The van der Waals surface area contributed by atoms with Crippen molar-refractivity contribution in [3.8, 4) is 0 Å². The fourth-order valence-electron chi connectivity index (χ4n) is 1.14. The smallest absolute Gasteiger partial charge is 0.370 e. The highest BCUT2D eigenvalue weighted by molar-refractivity contribution is 5.20. The summed E-state index contributed by atoms with van der Waals surface area (Å²) < 4.78 is 40.2. The molecule has 8 nitrogen and oxygen atoms in total. The summed E-state index contributed by atoms with van der Waals surface area (Å²) in [5.41, 5.74) is -3.02. The van der Waals surface area contributed by atoms with Crippen LogP contribution in [-0.2, 0) is 11.3 Å². The second kappa shape index (κ2) is 5.65. The lowest BCUT2D eigenvalue weighted by atomic mass is 10.5. The fraction of sp³-hybridized carbons (Fsp3) is 0.500. The second-order valence-electron chi connectivity index (χ2n) is 3.39. The van der Waals surface area contributed by atoms with Crippen molar-refractivity contribution in [2.24, 2.45) is 0 Å². The van der Waals surface area contributed by atoms with Gasteiger partial charge in [0.05, 0.1) is 24.3 Å². The van der Waals surface area contributed by atoms with Crippen LogP contribution in [-0.4, -0.2) is 33.9 Å². The van der Waals surface area contributed by atoms with Crippen molar-refractivity contribution in [3.63, 3.8) is 0 Å². The normalized spacial score (nSPS) is 11.5. The highest BCUT2D eigenvalue weighted by Gasteiger charge is 2.27. The van der Waals surface area contributed by atoms with Crippen molar-refractivity contribution in [2.45, 2.75) is 12.7 Å². The largest absolute Gasteiger partial charge is 0.411 e. The van der Waals surface area contributed by atoms with Crippen LogP contribution < -0.4 is 11.2 Å². The molecule has 0 aliphatic rings. The van der Waals surface area contributed by atoms with E-state index in [9.17, 15) is 32.9 Å². The first kappa shape index (κ1) is 14.9. The maximum atomic E-state index is 11.8. The number of rotatable bonds is 5. The Labute approximate surface area is 102 Å². The number of aromatic nitrogens is 2. The summed E-state index contributed by atoms with van der Waals surface area (Å²) in [7, 11) is 0. The van der Waals surface area contributed by atoms with Gasteiger partial charge in [-0.2, -0.15) is 13.2 Å². The topological polar surface area (TPSA) is 107 Å². The highest BCUT2D eigenvalue weighted by atomic mass is 19.4. The van der Waals surface area contributed by atoms with Crippen LogP contribution in [0.25, 0.3) is 0 Å². The van der Waals surface area contributed by atoms with Crippen molar-refractivity contribution in [1.29, 1.82) is 0 Å². The van der Waals surface area contributed by atoms with Crippen LogP contribution in [0.5, 0.6) is 0 Å². The number of hydrogen-bond donors (Lipinski definition) is 1. The highest BCUT2D eigenvalue weighted by Crippen LogP contribution is 2.14. The molecule has 0 radical (unpaired) electrons. The second-order valence-corrected chi connectivity index (χ2v) is 3.39. The lowest BCUT2D eigenvalue weighted by Gasteiger charge is -2.08. The van der Waals surface area contributed by atoms with Gasteiger partial charge in [-0.25, -0.2) is 4.79 Å². The number of hydrogen-bond acceptors (Lipinski definition) is 5. The zero-order valence-corrected chi connectivity index (χ0v) is 9.27. The molecule has 11 heteroatoms. The molecule has 0 unspecified atom stereocenters. The van der Waals surface area contributed by atoms with Crippen molar-refractivity contribution in [1.82, 2.24) is 9.55 Å². The molecule has 0 aliphatic carbocycles. The van der Waals surface area contributed by atoms with Crippen LogP contribution in [0.4, 0.5) is 18.9 Å². The Morgan fingerprint density at radius 1 is 1.42 bits per heavy atom. The molecule has 0 spiro atoms. The van der Waals surface area contributed by atoms with E-state index in [2.05, 4.69) is 4.74 Å².